The van der Waals surface area contributed by atoms with Crippen LogP contribution in [0.2, 0.25) is 0 Å². The summed E-state index contributed by atoms with van der Waals surface area (Å²) in [5, 5.41) is 2.02. The van der Waals surface area contributed by atoms with Crippen molar-refractivity contribution in [3.05, 3.63) is 77.9 Å². The van der Waals surface area contributed by atoms with Gasteiger partial charge in [0.15, 0.2) is 0 Å². The number of hydrogen-bond donors (Lipinski definition) is 1. The third-order valence-corrected chi connectivity index (χ3v) is 7.57. The normalized spacial score (nSPS) is 16.5. The van der Waals surface area contributed by atoms with Crippen LogP contribution in [-0.4, -0.2) is 38.9 Å². The number of nitrogens with one attached hydrogen (secondary N) is 1. The fraction of sp³-hybridized carbons (Fsp3) is 0.304. The Morgan fingerprint density at radius 2 is 1.50 bits per heavy atom. The molecule has 146 valence electrons. The van der Waals surface area contributed by atoms with Crippen molar-refractivity contribution >= 4 is 20.8 Å². The molecule has 1 heterocycles. The summed E-state index contributed by atoms with van der Waals surface area (Å²) < 4.78 is 27.8. The summed E-state index contributed by atoms with van der Waals surface area (Å²) in [5.41, 5.74) is 2.67. The Morgan fingerprint density at radius 3 is 2.18 bits per heavy atom. The lowest BCUT2D eigenvalue weighted by Crippen LogP contribution is -3.13. The molecule has 0 aromatic heterocycles. The molecule has 0 saturated carbocycles. The molecular weight excluding hydrogens is 368 g/mol. The van der Waals surface area contributed by atoms with E-state index in [0.29, 0.717) is 18.0 Å². The van der Waals surface area contributed by atoms with Gasteiger partial charge in [-0.25, -0.2) is 8.42 Å². The zero-order valence-electron chi connectivity index (χ0n) is 16.3. The molecule has 0 aliphatic carbocycles. The minimum Gasteiger partial charge on any atom is -0.329 e. The second kappa shape index (κ2) is 8.03. The van der Waals surface area contributed by atoms with E-state index in [1.807, 2.05) is 30.3 Å². The monoisotopic (exact) mass is 395 g/mol. The van der Waals surface area contributed by atoms with E-state index in [-0.39, 0.29) is 0 Å². The number of fused-ring (bicyclic) bond motifs is 1. The molecule has 1 N–H and O–H groups in total. The summed E-state index contributed by atoms with van der Waals surface area (Å²) in [6.45, 7) is 5.92. The summed E-state index contributed by atoms with van der Waals surface area (Å²) in [4.78, 5) is 1.83. The van der Waals surface area contributed by atoms with Gasteiger partial charge in [-0.3, -0.25) is 0 Å². The number of rotatable bonds is 5. The van der Waals surface area contributed by atoms with Gasteiger partial charge in [0.1, 0.15) is 6.54 Å². The Bertz CT molecular complexity index is 1050. The highest BCUT2D eigenvalue weighted by atomic mass is 32.2. The zero-order chi connectivity index (χ0) is 19.6. The molecule has 1 aliphatic heterocycles. The van der Waals surface area contributed by atoms with Crippen LogP contribution in [0.25, 0.3) is 10.8 Å². The fourth-order valence-electron chi connectivity index (χ4n) is 3.88. The molecule has 28 heavy (non-hydrogen) atoms. The largest absolute Gasteiger partial charge is 0.329 e. The van der Waals surface area contributed by atoms with Gasteiger partial charge >= 0.3 is 0 Å². The van der Waals surface area contributed by atoms with Crippen molar-refractivity contribution < 1.29 is 13.3 Å². The van der Waals surface area contributed by atoms with E-state index in [1.165, 1.54) is 16.0 Å². The first kappa shape index (κ1) is 19.1. The molecule has 1 aliphatic rings. The van der Waals surface area contributed by atoms with Gasteiger partial charge in [0.05, 0.1) is 31.1 Å². The summed E-state index contributed by atoms with van der Waals surface area (Å²) in [6.07, 6.45) is 1.05. The van der Waals surface area contributed by atoms with E-state index in [4.69, 9.17) is 0 Å². The van der Waals surface area contributed by atoms with Crippen LogP contribution in [0.15, 0.2) is 71.6 Å². The molecule has 3 aromatic carbocycles. The Hall–Kier alpha value is -2.21. The third kappa shape index (κ3) is 3.97. The molecule has 5 heteroatoms. The van der Waals surface area contributed by atoms with Gasteiger partial charge in [-0.05, 0) is 34.9 Å². The van der Waals surface area contributed by atoms with Crippen molar-refractivity contribution in [1.29, 1.82) is 0 Å². The van der Waals surface area contributed by atoms with Crippen molar-refractivity contribution in [2.45, 2.75) is 24.8 Å². The lowest BCUT2D eigenvalue weighted by atomic mass is 10.1. The number of nitrogens with zero attached hydrogens (tertiary/aromatic N) is 1. The third-order valence-electron chi connectivity index (χ3n) is 5.67. The van der Waals surface area contributed by atoms with E-state index in [0.717, 1.165) is 36.8 Å². The van der Waals surface area contributed by atoms with Crippen LogP contribution in [0.4, 0.5) is 0 Å². The lowest BCUT2D eigenvalue weighted by molar-refractivity contribution is -0.917. The SMILES string of the molecule is CCc1ccc(C[NH+]2CCN(S(=O)(=O)c3ccc4ccccc4c3)CC2)cc1. The summed E-state index contributed by atoms with van der Waals surface area (Å²) >= 11 is 0. The molecule has 0 atom stereocenters. The van der Waals surface area contributed by atoms with Crippen molar-refractivity contribution in [3.8, 4) is 0 Å². The van der Waals surface area contributed by atoms with Gasteiger partial charge in [0, 0.05) is 5.56 Å². The maximum Gasteiger partial charge on any atom is 0.243 e. The Balaban J connectivity index is 1.42. The molecule has 4 nitrogen and oxygen atoms in total. The predicted octanol–water partition coefficient (Wildman–Crippen LogP) is 2.49. The fourth-order valence-corrected chi connectivity index (χ4v) is 5.36. The Kier molecular flexibility index (Phi) is 5.49. The van der Waals surface area contributed by atoms with E-state index in [1.54, 1.807) is 16.4 Å². The highest BCUT2D eigenvalue weighted by molar-refractivity contribution is 7.89. The van der Waals surface area contributed by atoms with Crippen molar-refractivity contribution in [1.82, 2.24) is 4.31 Å². The smallest absolute Gasteiger partial charge is 0.243 e. The highest BCUT2D eigenvalue weighted by Crippen LogP contribution is 2.22. The molecule has 0 radical (unpaired) electrons. The van der Waals surface area contributed by atoms with Gasteiger partial charge in [-0.1, -0.05) is 61.5 Å². The average molecular weight is 396 g/mol. The van der Waals surface area contributed by atoms with Gasteiger partial charge in [0.2, 0.25) is 10.0 Å². The van der Waals surface area contributed by atoms with E-state index in [2.05, 4.69) is 31.2 Å². The number of benzene rings is 3. The first-order valence-corrected chi connectivity index (χ1v) is 11.4. The van der Waals surface area contributed by atoms with E-state index in [9.17, 15) is 8.42 Å². The minimum atomic E-state index is -3.44. The van der Waals surface area contributed by atoms with E-state index < -0.39 is 10.0 Å². The molecule has 0 spiro atoms. The van der Waals surface area contributed by atoms with Crippen LogP contribution >= 0.6 is 0 Å². The second-order valence-electron chi connectivity index (χ2n) is 7.51. The van der Waals surface area contributed by atoms with Gasteiger partial charge in [0.25, 0.3) is 0 Å². The first-order valence-electron chi connectivity index (χ1n) is 9.96. The number of sulfonamides is 1. The topological polar surface area (TPSA) is 41.8 Å². The van der Waals surface area contributed by atoms with Crippen molar-refractivity contribution in [2.24, 2.45) is 0 Å². The average Bonchev–Trinajstić information content (AvgIpc) is 2.74. The summed E-state index contributed by atoms with van der Waals surface area (Å²) in [5.74, 6) is 0. The quantitative estimate of drug-likeness (QED) is 0.721. The molecule has 0 bridgehead atoms. The van der Waals surface area contributed by atoms with Gasteiger partial charge in [-0.2, -0.15) is 4.31 Å². The molecule has 0 amide bonds. The molecule has 1 saturated heterocycles. The number of aryl methyl sites for hydroxylation is 1. The lowest BCUT2D eigenvalue weighted by Gasteiger charge is -2.31. The standard InChI is InChI=1S/C23H26N2O2S/c1-2-19-7-9-20(10-8-19)18-24-13-15-25(16-14-24)28(26,27)23-12-11-21-5-3-4-6-22(21)17-23/h3-12,17H,2,13-16,18H2,1H3/p+1. The minimum absolute atomic E-state index is 0.393. The van der Waals surface area contributed by atoms with Gasteiger partial charge in [-0.15, -0.1) is 0 Å². The van der Waals surface area contributed by atoms with Crippen LogP contribution in [0.3, 0.4) is 0 Å². The molecular formula is C23H27N2O2S+. The number of quaternary nitrogens is 1. The zero-order valence-corrected chi connectivity index (χ0v) is 17.1. The second-order valence-corrected chi connectivity index (χ2v) is 9.45. The maximum atomic E-state index is 13.1. The molecule has 0 unspecified atom stereocenters. The molecule has 1 fully saturated rings. The maximum absolute atomic E-state index is 13.1. The number of piperazine rings is 1. The first-order chi connectivity index (χ1) is 13.6. The van der Waals surface area contributed by atoms with Crippen LogP contribution in [-0.2, 0) is 23.0 Å². The van der Waals surface area contributed by atoms with E-state index >= 15 is 0 Å². The summed E-state index contributed by atoms with van der Waals surface area (Å²) in [6, 6.07) is 22.1. The predicted molar refractivity (Wildman–Crippen MR) is 113 cm³/mol. The van der Waals surface area contributed by atoms with Crippen LogP contribution in [0, 0.1) is 0 Å². The van der Waals surface area contributed by atoms with Crippen LogP contribution in [0.5, 0.6) is 0 Å². The van der Waals surface area contributed by atoms with Crippen molar-refractivity contribution in [2.75, 3.05) is 26.2 Å². The Morgan fingerprint density at radius 1 is 0.857 bits per heavy atom. The highest BCUT2D eigenvalue weighted by Gasteiger charge is 2.30. The van der Waals surface area contributed by atoms with Crippen LogP contribution < -0.4 is 4.90 Å². The molecule has 3 aromatic rings. The summed E-state index contributed by atoms with van der Waals surface area (Å²) in [7, 11) is -3.44. The van der Waals surface area contributed by atoms with Crippen molar-refractivity contribution in [3.63, 3.8) is 0 Å². The molecule has 4 rings (SSSR count). The van der Waals surface area contributed by atoms with Crippen LogP contribution in [0.1, 0.15) is 18.1 Å². The Labute approximate surface area is 167 Å². The number of hydrogen-bond acceptors (Lipinski definition) is 2. The van der Waals surface area contributed by atoms with Gasteiger partial charge < -0.3 is 4.90 Å².